The molecule has 1 amide bonds. The molecule has 6 nitrogen and oxygen atoms in total. The number of carbonyl (C=O) groups excluding carboxylic acids is 1. The Kier molecular flexibility index (Phi) is 6.89. The van der Waals surface area contributed by atoms with Gasteiger partial charge >= 0.3 is 5.97 Å². The number of pyridine rings is 1. The number of carbonyl (C=O) groups is 2. The van der Waals surface area contributed by atoms with Crippen molar-refractivity contribution in [2.24, 2.45) is 5.10 Å². The fraction of sp³-hybridized carbons (Fsp3) is 0.200. The zero-order valence-corrected chi connectivity index (χ0v) is 22.2. The predicted molar refractivity (Wildman–Crippen MR) is 148 cm³/mol. The number of hydrazone groups is 1. The highest BCUT2D eigenvalue weighted by Gasteiger charge is 2.35. The molecule has 5 rings (SSSR count). The van der Waals surface area contributed by atoms with E-state index in [2.05, 4.69) is 53.2 Å². The molecule has 4 aromatic rings. The van der Waals surface area contributed by atoms with Gasteiger partial charge in [-0.1, -0.05) is 76.1 Å². The molecule has 1 N–H and O–H groups in total. The maximum atomic E-state index is 13.2. The van der Waals surface area contributed by atoms with Crippen molar-refractivity contribution >= 4 is 44.4 Å². The van der Waals surface area contributed by atoms with Crippen molar-refractivity contribution in [3.8, 4) is 11.1 Å². The fourth-order valence-corrected chi connectivity index (χ4v) is 5.14. The highest BCUT2D eigenvalue weighted by Crippen LogP contribution is 2.39. The summed E-state index contributed by atoms with van der Waals surface area (Å²) in [4.78, 5) is 29.3. The van der Waals surface area contributed by atoms with Crippen LogP contribution < -0.4 is 0 Å². The molecular formula is C30H26BrN3O3. The van der Waals surface area contributed by atoms with Crippen LogP contribution in [0.15, 0.2) is 82.4 Å². The van der Waals surface area contributed by atoms with Crippen LogP contribution in [0.1, 0.15) is 47.7 Å². The number of aliphatic carboxylic acids is 1. The molecule has 0 spiro atoms. The van der Waals surface area contributed by atoms with Gasteiger partial charge in [-0.3, -0.25) is 14.6 Å². The molecular weight excluding hydrogens is 530 g/mol. The zero-order valence-electron chi connectivity index (χ0n) is 20.6. The number of amides is 1. The minimum absolute atomic E-state index is 0.112. The summed E-state index contributed by atoms with van der Waals surface area (Å²) < 4.78 is 0.940. The molecule has 1 atom stereocenters. The summed E-state index contributed by atoms with van der Waals surface area (Å²) in [6.45, 7) is 4.04. The second-order valence-corrected chi connectivity index (χ2v) is 10.2. The first-order valence-corrected chi connectivity index (χ1v) is 12.9. The standard InChI is InChI=1S/C30H26BrN3O3/c1-18-7-9-21(10-8-18)30-23-5-3-4-6-24(23)32-19(2)29(30)25-17-26(20-11-13-22(31)14-12-20)34(33-25)27(35)15-16-28(36)37/h3-14,26H,15-17H2,1-2H3,(H,36,37)/t26-/m1/s1. The van der Waals surface area contributed by atoms with E-state index in [9.17, 15) is 9.59 Å². The Hall–Kier alpha value is -3.84. The Morgan fingerprint density at radius 2 is 1.65 bits per heavy atom. The van der Waals surface area contributed by atoms with Gasteiger partial charge in [0.15, 0.2) is 0 Å². The molecule has 0 aliphatic carbocycles. The summed E-state index contributed by atoms with van der Waals surface area (Å²) in [6.07, 6.45) is 0.150. The Morgan fingerprint density at radius 3 is 2.35 bits per heavy atom. The lowest BCUT2D eigenvalue weighted by molar-refractivity contribution is -0.141. The van der Waals surface area contributed by atoms with Gasteiger partial charge in [-0.15, -0.1) is 0 Å². The maximum absolute atomic E-state index is 13.2. The van der Waals surface area contributed by atoms with Crippen molar-refractivity contribution in [1.82, 2.24) is 9.99 Å². The minimum atomic E-state index is -1.01. The van der Waals surface area contributed by atoms with E-state index >= 15 is 0 Å². The number of rotatable bonds is 6. The lowest BCUT2D eigenvalue weighted by Gasteiger charge is -2.22. The van der Waals surface area contributed by atoms with Crippen molar-refractivity contribution in [2.75, 3.05) is 0 Å². The topological polar surface area (TPSA) is 82.9 Å². The van der Waals surface area contributed by atoms with Crippen LogP contribution in [0.2, 0.25) is 0 Å². The summed E-state index contributed by atoms with van der Waals surface area (Å²) >= 11 is 3.48. The summed E-state index contributed by atoms with van der Waals surface area (Å²) in [7, 11) is 0. The van der Waals surface area contributed by atoms with Gasteiger partial charge in [-0.2, -0.15) is 5.10 Å². The van der Waals surface area contributed by atoms with Gasteiger partial charge in [0, 0.05) is 39.5 Å². The van der Waals surface area contributed by atoms with Crippen molar-refractivity contribution in [3.63, 3.8) is 0 Å². The van der Waals surface area contributed by atoms with Gasteiger partial charge in [-0.25, -0.2) is 5.01 Å². The molecule has 1 aliphatic rings. The average molecular weight is 556 g/mol. The Bertz CT molecular complexity index is 1530. The van der Waals surface area contributed by atoms with E-state index in [1.165, 1.54) is 10.6 Å². The van der Waals surface area contributed by atoms with E-state index in [1.54, 1.807) is 0 Å². The summed E-state index contributed by atoms with van der Waals surface area (Å²) in [5.41, 5.74) is 7.62. The first-order valence-electron chi connectivity index (χ1n) is 12.2. The third kappa shape index (κ3) is 5.04. The van der Waals surface area contributed by atoms with E-state index in [-0.39, 0.29) is 24.8 Å². The molecule has 0 saturated heterocycles. The van der Waals surface area contributed by atoms with Crippen molar-refractivity contribution in [3.05, 3.63) is 99.7 Å². The van der Waals surface area contributed by atoms with Crippen LogP contribution in [0.4, 0.5) is 0 Å². The highest BCUT2D eigenvalue weighted by molar-refractivity contribution is 9.10. The number of para-hydroxylation sites is 1. The number of hydrogen-bond acceptors (Lipinski definition) is 4. The van der Waals surface area contributed by atoms with E-state index in [0.717, 1.165) is 49.0 Å². The number of nitrogens with zero attached hydrogens (tertiary/aromatic N) is 3. The van der Waals surface area contributed by atoms with Gasteiger partial charge in [0.1, 0.15) is 0 Å². The van der Waals surface area contributed by atoms with Crippen LogP contribution in [0.25, 0.3) is 22.0 Å². The molecule has 1 aliphatic heterocycles. The lowest BCUT2D eigenvalue weighted by atomic mass is 9.89. The largest absolute Gasteiger partial charge is 0.481 e. The zero-order chi connectivity index (χ0) is 26.1. The van der Waals surface area contributed by atoms with Gasteiger partial charge in [-0.05, 0) is 43.2 Å². The molecule has 3 aromatic carbocycles. The molecule has 0 fully saturated rings. The van der Waals surface area contributed by atoms with Gasteiger partial charge in [0.2, 0.25) is 5.91 Å². The number of fused-ring (bicyclic) bond motifs is 1. The van der Waals surface area contributed by atoms with Crippen LogP contribution in [0.3, 0.4) is 0 Å². The molecule has 0 radical (unpaired) electrons. The molecule has 2 heterocycles. The van der Waals surface area contributed by atoms with Crippen LogP contribution in [0.5, 0.6) is 0 Å². The maximum Gasteiger partial charge on any atom is 0.303 e. The molecule has 186 valence electrons. The summed E-state index contributed by atoms with van der Waals surface area (Å²) in [6, 6.07) is 23.9. The smallest absolute Gasteiger partial charge is 0.303 e. The number of halogens is 1. The summed E-state index contributed by atoms with van der Waals surface area (Å²) in [5, 5.41) is 16.5. The van der Waals surface area contributed by atoms with Gasteiger partial charge in [0.25, 0.3) is 0 Å². The number of benzene rings is 3. The van der Waals surface area contributed by atoms with Gasteiger partial charge < -0.3 is 5.11 Å². The molecule has 1 aromatic heterocycles. The molecule has 0 bridgehead atoms. The quantitative estimate of drug-likeness (QED) is 0.283. The van der Waals surface area contributed by atoms with Gasteiger partial charge in [0.05, 0.1) is 23.7 Å². The number of hydrogen-bond donors (Lipinski definition) is 1. The van der Waals surface area contributed by atoms with Crippen LogP contribution in [0, 0.1) is 13.8 Å². The lowest BCUT2D eigenvalue weighted by Crippen LogP contribution is -2.27. The molecule has 7 heteroatoms. The normalized spacial score (nSPS) is 15.2. The van der Waals surface area contributed by atoms with E-state index in [0.29, 0.717) is 6.42 Å². The predicted octanol–water partition coefficient (Wildman–Crippen LogP) is 6.82. The average Bonchev–Trinajstić information content (AvgIpc) is 3.32. The third-order valence-corrected chi connectivity index (χ3v) is 7.20. The number of aryl methyl sites for hydroxylation is 2. The Labute approximate surface area is 223 Å². The highest BCUT2D eigenvalue weighted by atomic mass is 79.9. The van der Waals surface area contributed by atoms with Crippen LogP contribution >= 0.6 is 15.9 Å². The first kappa shape index (κ1) is 24.8. The fourth-order valence-electron chi connectivity index (χ4n) is 4.87. The third-order valence-electron chi connectivity index (χ3n) is 6.68. The van der Waals surface area contributed by atoms with Crippen LogP contribution in [-0.2, 0) is 9.59 Å². The van der Waals surface area contributed by atoms with E-state index < -0.39 is 5.97 Å². The minimum Gasteiger partial charge on any atom is -0.481 e. The van der Waals surface area contributed by atoms with Crippen molar-refractivity contribution < 1.29 is 14.7 Å². The second kappa shape index (κ2) is 10.3. The molecule has 0 unspecified atom stereocenters. The first-order chi connectivity index (χ1) is 17.8. The molecule has 37 heavy (non-hydrogen) atoms. The second-order valence-electron chi connectivity index (χ2n) is 9.28. The number of carboxylic acid groups (broad SMARTS) is 1. The summed E-state index contributed by atoms with van der Waals surface area (Å²) in [5.74, 6) is -1.32. The van der Waals surface area contributed by atoms with Crippen molar-refractivity contribution in [2.45, 2.75) is 39.2 Å². The number of aromatic nitrogens is 1. The Morgan fingerprint density at radius 1 is 0.946 bits per heavy atom. The monoisotopic (exact) mass is 555 g/mol. The molecule has 0 saturated carbocycles. The van der Waals surface area contributed by atoms with Crippen molar-refractivity contribution in [1.29, 1.82) is 0 Å². The van der Waals surface area contributed by atoms with E-state index in [4.69, 9.17) is 15.2 Å². The Balaban J connectivity index is 1.67. The SMILES string of the molecule is Cc1ccc(-c2c(C3=NN(C(=O)CCC(=O)O)[C@@H](c4ccc(Br)cc4)C3)c(C)nc3ccccc23)cc1. The van der Waals surface area contributed by atoms with E-state index in [1.807, 2.05) is 49.4 Å². The van der Waals surface area contributed by atoms with Crippen LogP contribution in [-0.4, -0.2) is 32.7 Å². The number of carboxylic acids is 1.